The first-order valence-electron chi connectivity index (χ1n) is 13.8. The van der Waals surface area contributed by atoms with E-state index < -0.39 is 0 Å². The summed E-state index contributed by atoms with van der Waals surface area (Å²) < 4.78 is 0. The first-order chi connectivity index (χ1) is 20.7. The van der Waals surface area contributed by atoms with Crippen LogP contribution in [-0.2, 0) is 19.5 Å². The van der Waals surface area contributed by atoms with Crippen LogP contribution in [0.5, 0.6) is 0 Å². The van der Waals surface area contributed by atoms with Gasteiger partial charge in [-0.05, 0) is 67.2 Å². The smallest absolute Gasteiger partial charge is 0.390 e. The zero-order valence-corrected chi connectivity index (χ0v) is 27.3. The molecule has 219 valence electrons. The Balaban J connectivity index is 0.000000180. The molecule has 6 rings (SSSR count). The molecule has 5 aromatic rings. The van der Waals surface area contributed by atoms with Gasteiger partial charge in [0.1, 0.15) is 0 Å². The second-order valence-corrected chi connectivity index (χ2v) is 10.0. The Bertz CT molecular complexity index is 1350. The van der Waals surface area contributed by atoms with Crippen LogP contribution in [0, 0.1) is 6.42 Å². The Kier molecular flexibility index (Phi) is 15.0. The topological polar surface area (TPSA) is 67.7 Å². The Hall–Kier alpha value is -4.00. The molecule has 1 aliphatic rings. The largest absolute Gasteiger partial charge is 1.00 e. The summed E-state index contributed by atoms with van der Waals surface area (Å²) in [4.78, 5) is 23.4. The van der Waals surface area contributed by atoms with Crippen LogP contribution in [0.1, 0.15) is 18.5 Å². The van der Waals surface area contributed by atoms with Gasteiger partial charge < -0.3 is 4.90 Å². The molecule has 6 nitrogen and oxygen atoms in total. The van der Waals surface area contributed by atoms with E-state index in [2.05, 4.69) is 77.4 Å². The van der Waals surface area contributed by atoms with E-state index in [0.717, 1.165) is 46.8 Å². The van der Waals surface area contributed by atoms with Gasteiger partial charge in [-0.2, -0.15) is 18.1 Å². The van der Waals surface area contributed by atoms with Crippen molar-refractivity contribution in [1.82, 2.24) is 29.8 Å². The maximum absolute atomic E-state index is 4.43. The minimum absolute atomic E-state index is 0. The SMILES string of the molecule is CN1CC=C([CH-]CCCBr)C=C1c1ccccn1.[Ru+].c1ccc(-c2ccccn2)nc1.c1ccc(-c2ccccn2)nc1. The number of allylic oxidation sites excluding steroid dienone is 2. The monoisotopic (exact) mass is 719 g/mol. The molecule has 0 aromatic carbocycles. The molecule has 0 saturated heterocycles. The number of hydrogen-bond donors (Lipinski definition) is 0. The third-order valence-corrected chi connectivity index (χ3v) is 6.71. The molecule has 5 aromatic heterocycles. The number of halogens is 1. The molecule has 0 bridgehead atoms. The molecule has 0 spiro atoms. The van der Waals surface area contributed by atoms with E-state index in [-0.39, 0.29) is 19.5 Å². The molecular formula is C35H34BrN6Ru. The molecule has 8 heteroatoms. The van der Waals surface area contributed by atoms with Crippen LogP contribution >= 0.6 is 15.9 Å². The van der Waals surface area contributed by atoms with Gasteiger partial charge in [-0.25, -0.2) is 0 Å². The van der Waals surface area contributed by atoms with E-state index in [1.807, 2.05) is 91.1 Å². The van der Waals surface area contributed by atoms with Gasteiger partial charge in [-0.3, -0.25) is 24.9 Å². The summed E-state index contributed by atoms with van der Waals surface area (Å²) in [6, 6.07) is 29.2. The van der Waals surface area contributed by atoms with Gasteiger partial charge in [0.05, 0.1) is 28.5 Å². The minimum atomic E-state index is 0. The third kappa shape index (κ3) is 11.3. The summed E-state index contributed by atoms with van der Waals surface area (Å²) in [5.41, 5.74) is 7.21. The van der Waals surface area contributed by atoms with Crippen molar-refractivity contribution in [1.29, 1.82) is 0 Å². The molecule has 1 radical (unpaired) electrons. The number of nitrogens with zero attached hydrogens (tertiary/aromatic N) is 6. The minimum Gasteiger partial charge on any atom is -0.390 e. The molecule has 0 unspecified atom stereocenters. The van der Waals surface area contributed by atoms with Crippen LogP contribution in [0.15, 0.2) is 140 Å². The molecule has 0 aliphatic carbocycles. The molecule has 0 N–H and O–H groups in total. The molecule has 6 heterocycles. The molecule has 0 atom stereocenters. The van der Waals surface area contributed by atoms with E-state index in [9.17, 15) is 0 Å². The van der Waals surface area contributed by atoms with E-state index >= 15 is 0 Å². The van der Waals surface area contributed by atoms with Gasteiger partial charge in [0.25, 0.3) is 0 Å². The predicted molar refractivity (Wildman–Crippen MR) is 175 cm³/mol. The van der Waals surface area contributed by atoms with E-state index in [1.54, 1.807) is 24.8 Å². The third-order valence-electron chi connectivity index (χ3n) is 6.15. The van der Waals surface area contributed by atoms with E-state index in [4.69, 9.17) is 0 Å². The maximum Gasteiger partial charge on any atom is 1.00 e. The van der Waals surface area contributed by atoms with Crippen molar-refractivity contribution in [2.75, 3.05) is 18.9 Å². The van der Waals surface area contributed by atoms with Crippen molar-refractivity contribution in [3.63, 3.8) is 0 Å². The Morgan fingerprint density at radius 1 is 0.628 bits per heavy atom. The fourth-order valence-corrected chi connectivity index (χ4v) is 4.32. The number of pyridine rings is 5. The van der Waals surface area contributed by atoms with Crippen molar-refractivity contribution < 1.29 is 19.5 Å². The van der Waals surface area contributed by atoms with Crippen LogP contribution in [-0.4, -0.2) is 48.7 Å². The van der Waals surface area contributed by atoms with Gasteiger partial charge in [-0.1, -0.05) is 59.1 Å². The average Bonchev–Trinajstić information content (AvgIpc) is 3.08. The van der Waals surface area contributed by atoms with Crippen LogP contribution in [0.3, 0.4) is 0 Å². The summed E-state index contributed by atoms with van der Waals surface area (Å²) in [5, 5.41) is 1.06. The second kappa shape index (κ2) is 19.2. The van der Waals surface area contributed by atoms with Crippen molar-refractivity contribution in [3.05, 3.63) is 152 Å². The second-order valence-electron chi connectivity index (χ2n) is 9.22. The summed E-state index contributed by atoms with van der Waals surface area (Å²) in [6.07, 6.45) is 18.0. The van der Waals surface area contributed by atoms with Crippen molar-refractivity contribution in [3.8, 4) is 22.8 Å². The zero-order valence-electron chi connectivity index (χ0n) is 24.0. The quantitative estimate of drug-likeness (QED) is 0.0737. The van der Waals surface area contributed by atoms with Crippen molar-refractivity contribution >= 4 is 21.6 Å². The molecule has 0 fully saturated rings. The van der Waals surface area contributed by atoms with Crippen LogP contribution in [0.4, 0.5) is 0 Å². The molecule has 1 aliphatic heterocycles. The Morgan fingerprint density at radius 2 is 1.02 bits per heavy atom. The Morgan fingerprint density at radius 3 is 1.37 bits per heavy atom. The Labute approximate surface area is 276 Å². The summed E-state index contributed by atoms with van der Waals surface area (Å²) in [6.45, 7) is 0.947. The summed E-state index contributed by atoms with van der Waals surface area (Å²) in [7, 11) is 2.10. The van der Waals surface area contributed by atoms with Crippen LogP contribution in [0.2, 0.25) is 0 Å². The molecule has 43 heavy (non-hydrogen) atoms. The first-order valence-corrected chi connectivity index (χ1v) is 14.9. The first kappa shape index (κ1) is 33.5. The summed E-state index contributed by atoms with van der Waals surface area (Å²) in [5.74, 6) is 0. The number of likely N-dealkylation sites (N-methyl/N-ethyl adjacent to an activating group) is 1. The summed E-state index contributed by atoms with van der Waals surface area (Å²) >= 11 is 3.46. The zero-order chi connectivity index (χ0) is 29.2. The predicted octanol–water partition coefficient (Wildman–Crippen LogP) is 7.96. The average molecular weight is 720 g/mol. The maximum atomic E-state index is 4.43. The van der Waals surface area contributed by atoms with Crippen molar-refractivity contribution in [2.24, 2.45) is 0 Å². The normalized spacial score (nSPS) is 11.7. The van der Waals surface area contributed by atoms with Crippen molar-refractivity contribution in [2.45, 2.75) is 12.8 Å². The number of alkyl halides is 1. The van der Waals surface area contributed by atoms with Gasteiger partial charge in [-0.15, -0.1) is 6.08 Å². The van der Waals surface area contributed by atoms with Crippen LogP contribution < -0.4 is 0 Å². The number of rotatable bonds is 7. The number of aromatic nitrogens is 5. The van der Waals surface area contributed by atoms with E-state index in [1.165, 1.54) is 17.7 Å². The van der Waals surface area contributed by atoms with Gasteiger partial charge in [0.15, 0.2) is 0 Å². The van der Waals surface area contributed by atoms with Crippen LogP contribution in [0.25, 0.3) is 28.5 Å². The van der Waals surface area contributed by atoms with Gasteiger partial charge >= 0.3 is 19.5 Å². The number of unbranched alkanes of at least 4 members (excludes halogenated alkanes) is 1. The fraction of sp³-hybridized carbons (Fsp3) is 0.143. The standard InChI is InChI=1S/C15H18BrN2.2C10H8N2.Ru/c1-18-11-8-13(6-2-4-9-16)12-15(18)14-7-3-5-10-17-14;2*1-3-7-11-9(5-1)10-6-2-4-8-12-10;/h3,5-8,10,12H,2,4,9,11H2,1H3;2*1-8H;/q-1;;;+1. The molecule has 0 amide bonds. The molecule has 0 saturated carbocycles. The van der Waals surface area contributed by atoms with E-state index in [0.29, 0.717) is 0 Å². The van der Waals surface area contributed by atoms with Gasteiger partial charge in [0, 0.05) is 49.1 Å². The fourth-order valence-electron chi connectivity index (χ4n) is 4.00. The van der Waals surface area contributed by atoms with Gasteiger partial charge in [0.2, 0.25) is 0 Å². The molecular weight excluding hydrogens is 685 g/mol. The number of hydrogen-bond acceptors (Lipinski definition) is 6.